The van der Waals surface area contributed by atoms with Gasteiger partial charge in [0.1, 0.15) is 5.65 Å². The molecule has 0 saturated carbocycles. The largest absolute Gasteiger partial charge is 0.346 e. The van der Waals surface area contributed by atoms with Gasteiger partial charge in [0.2, 0.25) is 5.91 Å². The third-order valence-electron chi connectivity index (χ3n) is 5.39. The summed E-state index contributed by atoms with van der Waals surface area (Å²) in [6.07, 6.45) is 7.70. The number of piperidine rings is 1. The van der Waals surface area contributed by atoms with E-state index in [0.717, 1.165) is 55.6 Å². The van der Waals surface area contributed by atoms with Gasteiger partial charge in [-0.15, -0.1) is 0 Å². The molecule has 22 heavy (non-hydrogen) atoms. The first-order chi connectivity index (χ1) is 10.8. The molecular weight excluding hydrogens is 276 g/mol. The minimum absolute atomic E-state index is 0.241. The molecule has 1 amide bonds. The van der Waals surface area contributed by atoms with Gasteiger partial charge in [0.15, 0.2) is 0 Å². The average Bonchev–Trinajstić information content (AvgIpc) is 3.16. The van der Waals surface area contributed by atoms with Crippen LogP contribution in [0.15, 0.2) is 24.5 Å². The minimum atomic E-state index is 0.241. The van der Waals surface area contributed by atoms with Crippen molar-refractivity contribution in [1.29, 1.82) is 0 Å². The third-order valence-corrected chi connectivity index (χ3v) is 5.39. The second-order valence-corrected chi connectivity index (χ2v) is 6.70. The lowest BCUT2D eigenvalue weighted by molar-refractivity contribution is -0.132. The Morgan fingerprint density at radius 3 is 2.95 bits per heavy atom. The molecule has 4 heterocycles. The number of aromatic amines is 1. The molecule has 116 valence electrons. The van der Waals surface area contributed by atoms with E-state index < -0.39 is 0 Å². The lowest BCUT2D eigenvalue weighted by Crippen LogP contribution is -2.44. The second-order valence-electron chi connectivity index (χ2n) is 6.70. The SMILES string of the molecule is O=C(Cc1c[nH]c2ncccc12)N1CCC2(CCNC2)CC1. The number of fused-ring (bicyclic) bond motifs is 1. The van der Waals surface area contributed by atoms with Crippen molar-refractivity contribution < 1.29 is 4.79 Å². The lowest BCUT2D eigenvalue weighted by atomic mass is 9.78. The van der Waals surface area contributed by atoms with E-state index in [-0.39, 0.29) is 5.91 Å². The van der Waals surface area contributed by atoms with Crippen molar-refractivity contribution in [3.8, 4) is 0 Å². The summed E-state index contributed by atoms with van der Waals surface area (Å²) in [5, 5.41) is 4.53. The number of aromatic nitrogens is 2. The van der Waals surface area contributed by atoms with Crippen LogP contribution in [0.4, 0.5) is 0 Å². The van der Waals surface area contributed by atoms with E-state index in [0.29, 0.717) is 11.8 Å². The maximum atomic E-state index is 12.6. The molecule has 2 aromatic rings. The lowest BCUT2D eigenvalue weighted by Gasteiger charge is -2.39. The van der Waals surface area contributed by atoms with Gasteiger partial charge in [0.05, 0.1) is 6.42 Å². The second kappa shape index (κ2) is 5.39. The van der Waals surface area contributed by atoms with Gasteiger partial charge in [0, 0.05) is 37.4 Å². The highest BCUT2D eigenvalue weighted by Crippen LogP contribution is 2.37. The van der Waals surface area contributed by atoms with Crippen LogP contribution in [-0.4, -0.2) is 47.0 Å². The summed E-state index contributed by atoms with van der Waals surface area (Å²) in [7, 11) is 0. The fourth-order valence-corrected chi connectivity index (χ4v) is 3.89. The molecule has 0 aliphatic carbocycles. The fourth-order valence-electron chi connectivity index (χ4n) is 3.89. The van der Waals surface area contributed by atoms with Crippen molar-refractivity contribution in [2.75, 3.05) is 26.2 Å². The van der Waals surface area contributed by atoms with Gasteiger partial charge in [-0.3, -0.25) is 4.79 Å². The first-order valence-corrected chi connectivity index (χ1v) is 8.15. The maximum absolute atomic E-state index is 12.6. The van der Waals surface area contributed by atoms with Gasteiger partial charge in [-0.05, 0) is 48.9 Å². The molecule has 0 atom stereocenters. The highest BCUT2D eigenvalue weighted by molar-refractivity contribution is 5.87. The Morgan fingerprint density at radius 2 is 2.18 bits per heavy atom. The van der Waals surface area contributed by atoms with Crippen LogP contribution < -0.4 is 5.32 Å². The quantitative estimate of drug-likeness (QED) is 0.887. The van der Waals surface area contributed by atoms with E-state index in [1.54, 1.807) is 6.20 Å². The number of carbonyl (C=O) groups is 1. The number of pyridine rings is 1. The summed E-state index contributed by atoms with van der Waals surface area (Å²) < 4.78 is 0. The minimum Gasteiger partial charge on any atom is -0.346 e. The predicted octanol–water partition coefficient (Wildman–Crippen LogP) is 1.71. The molecule has 2 aliphatic heterocycles. The summed E-state index contributed by atoms with van der Waals surface area (Å²) in [6, 6.07) is 3.94. The normalized spacial score (nSPS) is 20.8. The maximum Gasteiger partial charge on any atom is 0.227 e. The zero-order valence-corrected chi connectivity index (χ0v) is 12.8. The highest BCUT2D eigenvalue weighted by atomic mass is 16.2. The number of carbonyl (C=O) groups excluding carboxylic acids is 1. The van der Waals surface area contributed by atoms with E-state index in [1.165, 1.54) is 6.42 Å². The molecule has 0 bridgehead atoms. The van der Waals surface area contributed by atoms with Gasteiger partial charge >= 0.3 is 0 Å². The third kappa shape index (κ3) is 2.39. The smallest absolute Gasteiger partial charge is 0.227 e. The Kier molecular flexibility index (Phi) is 3.37. The number of hydrogen-bond acceptors (Lipinski definition) is 3. The number of likely N-dealkylation sites (tertiary alicyclic amines) is 1. The van der Waals surface area contributed by atoms with E-state index in [4.69, 9.17) is 0 Å². The van der Waals surface area contributed by atoms with Gasteiger partial charge in [-0.1, -0.05) is 0 Å². The van der Waals surface area contributed by atoms with Crippen molar-refractivity contribution in [2.24, 2.45) is 5.41 Å². The van der Waals surface area contributed by atoms with Crippen LogP contribution in [0, 0.1) is 5.41 Å². The highest BCUT2D eigenvalue weighted by Gasteiger charge is 2.37. The first-order valence-electron chi connectivity index (χ1n) is 8.15. The van der Waals surface area contributed by atoms with Crippen molar-refractivity contribution in [1.82, 2.24) is 20.2 Å². The standard InChI is InChI=1S/C17H22N4O/c22-15(10-13-11-20-16-14(13)2-1-6-19-16)21-8-4-17(5-9-21)3-7-18-12-17/h1-2,6,11,18H,3-5,7-10,12H2,(H,19,20). The van der Waals surface area contributed by atoms with Crippen molar-refractivity contribution in [2.45, 2.75) is 25.7 Å². The number of H-pyrrole nitrogens is 1. The van der Waals surface area contributed by atoms with Crippen LogP contribution in [0.1, 0.15) is 24.8 Å². The molecule has 2 saturated heterocycles. The van der Waals surface area contributed by atoms with Gasteiger partial charge in [0.25, 0.3) is 0 Å². The van der Waals surface area contributed by atoms with Crippen LogP contribution in [0.3, 0.4) is 0 Å². The topological polar surface area (TPSA) is 61.0 Å². The average molecular weight is 298 g/mol. The number of rotatable bonds is 2. The molecule has 4 rings (SSSR count). The molecule has 2 fully saturated rings. The molecule has 1 spiro atoms. The van der Waals surface area contributed by atoms with E-state index in [9.17, 15) is 4.79 Å². The zero-order chi connectivity index (χ0) is 15.0. The van der Waals surface area contributed by atoms with Gasteiger partial charge in [-0.2, -0.15) is 0 Å². The predicted molar refractivity (Wildman–Crippen MR) is 85.5 cm³/mol. The number of nitrogens with zero attached hydrogens (tertiary/aromatic N) is 2. The molecule has 5 heteroatoms. The number of amides is 1. The molecule has 2 aliphatic rings. The molecular formula is C17H22N4O. The van der Waals surface area contributed by atoms with Crippen LogP contribution in [-0.2, 0) is 11.2 Å². The zero-order valence-electron chi connectivity index (χ0n) is 12.8. The fraction of sp³-hybridized carbons (Fsp3) is 0.529. The van der Waals surface area contributed by atoms with Gasteiger partial charge in [-0.25, -0.2) is 4.98 Å². The Hall–Kier alpha value is -1.88. The molecule has 0 radical (unpaired) electrons. The van der Waals surface area contributed by atoms with Crippen molar-refractivity contribution >= 4 is 16.9 Å². The van der Waals surface area contributed by atoms with Crippen LogP contribution in [0.2, 0.25) is 0 Å². The van der Waals surface area contributed by atoms with Crippen molar-refractivity contribution in [3.63, 3.8) is 0 Å². The van der Waals surface area contributed by atoms with Crippen LogP contribution >= 0.6 is 0 Å². The Labute approximate surface area is 130 Å². The summed E-state index contributed by atoms with van der Waals surface area (Å²) in [5.74, 6) is 0.241. The van der Waals surface area contributed by atoms with E-state index >= 15 is 0 Å². The molecule has 2 aromatic heterocycles. The number of nitrogens with one attached hydrogen (secondary N) is 2. The monoisotopic (exact) mass is 298 g/mol. The Balaban J connectivity index is 1.42. The van der Waals surface area contributed by atoms with Crippen molar-refractivity contribution in [3.05, 3.63) is 30.1 Å². The van der Waals surface area contributed by atoms with Crippen LogP contribution in [0.25, 0.3) is 11.0 Å². The van der Waals surface area contributed by atoms with E-state index in [2.05, 4.69) is 15.3 Å². The summed E-state index contributed by atoms with van der Waals surface area (Å²) >= 11 is 0. The van der Waals surface area contributed by atoms with E-state index in [1.807, 2.05) is 23.2 Å². The molecule has 0 unspecified atom stereocenters. The molecule has 2 N–H and O–H groups in total. The summed E-state index contributed by atoms with van der Waals surface area (Å²) in [5.41, 5.74) is 2.37. The number of hydrogen-bond donors (Lipinski definition) is 2. The molecule has 5 nitrogen and oxygen atoms in total. The van der Waals surface area contributed by atoms with Crippen LogP contribution in [0.5, 0.6) is 0 Å². The molecule has 0 aromatic carbocycles. The summed E-state index contributed by atoms with van der Waals surface area (Å²) in [6.45, 7) is 4.07. The first kappa shape index (κ1) is 13.8. The summed E-state index contributed by atoms with van der Waals surface area (Å²) in [4.78, 5) is 22.1. The Morgan fingerprint density at radius 1 is 1.32 bits per heavy atom. The Bertz CT molecular complexity index is 677. The van der Waals surface area contributed by atoms with Gasteiger partial charge < -0.3 is 15.2 Å².